The van der Waals surface area contributed by atoms with Crippen molar-refractivity contribution >= 4 is 21.9 Å². The Morgan fingerprint density at radius 1 is 1.09 bits per heavy atom. The number of pyridine rings is 1. The molecule has 1 N–H and O–H groups in total. The lowest BCUT2D eigenvalue weighted by Crippen LogP contribution is -2.29. The Hall–Kier alpha value is -4.97. The number of nitriles is 1. The number of fused-ring (bicyclic) bond motifs is 2. The van der Waals surface area contributed by atoms with Gasteiger partial charge in [0.1, 0.15) is 18.9 Å². The van der Waals surface area contributed by atoms with Gasteiger partial charge in [-0.05, 0) is 35.9 Å². The summed E-state index contributed by atoms with van der Waals surface area (Å²) in [5.74, 6) is 0. The monoisotopic (exact) mass is 446 g/mol. The molecule has 0 bridgehead atoms. The van der Waals surface area contributed by atoms with Gasteiger partial charge in [-0.25, -0.2) is 4.73 Å². The van der Waals surface area contributed by atoms with Gasteiger partial charge in [-0.3, -0.25) is 9.78 Å². The van der Waals surface area contributed by atoms with Crippen molar-refractivity contribution in [3.63, 3.8) is 0 Å². The van der Waals surface area contributed by atoms with Crippen molar-refractivity contribution in [2.45, 2.75) is 6.54 Å². The molecule has 0 saturated carbocycles. The van der Waals surface area contributed by atoms with Crippen LogP contribution >= 0.6 is 0 Å². The smallest absolute Gasteiger partial charge is 0.314 e. The molecule has 0 saturated heterocycles. The third-order valence-corrected chi connectivity index (χ3v) is 5.96. The van der Waals surface area contributed by atoms with Crippen LogP contribution in [0, 0.1) is 16.5 Å². The summed E-state index contributed by atoms with van der Waals surface area (Å²) in [6.07, 6.45) is 5.04. The van der Waals surface area contributed by atoms with Gasteiger partial charge in [0.2, 0.25) is 0 Å². The second-order valence-electron chi connectivity index (χ2n) is 8.12. The maximum atomic E-state index is 13.1. The molecular formula is C25H18N8O. The van der Waals surface area contributed by atoms with Gasteiger partial charge in [0.15, 0.2) is 0 Å². The minimum atomic E-state index is 0.474. The number of aryl methyl sites for hydroxylation is 1. The lowest BCUT2D eigenvalue weighted by molar-refractivity contribution is -0.579. The average molecular weight is 446 g/mol. The number of rotatable bonds is 4. The van der Waals surface area contributed by atoms with Crippen molar-refractivity contribution in [3.8, 4) is 28.6 Å². The van der Waals surface area contributed by atoms with Crippen LogP contribution < -0.4 is 4.73 Å². The highest BCUT2D eigenvalue weighted by atomic mass is 16.5. The molecule has 0 spiro atoms. The van der Waals surface area contributed by atoms with Crippen LogP contribution in [0.15, 0.2) is 73.2 Å². The Kier molecular flexibility index (Phi) is 4.38. The third kappa shape index (κ3) is 3.17. The molecule has 0 unspecified atom stereocenters. The van der Waals surface area contributed by atoms with E-state index in [9.17, 15) is 5.21 Å². The summed E-state index contributed by atoms with van der Waals surface area (Å²) in [6.45, 7) is 0.515. The quantitative estimate of drug-likeness (QED) is 0.329. The molecule has 0 aliphatic rings. The maximum absolute atomic E-state index is 13.1. The second-order valence-corrected chi connectivity index (χ2v) is 8.12. The van der Waals surface area contributed by atoms with E-state index in [2.05, 4.69) is 26.5 Å². The van der Waals surface area contributed by atoms with Crippen molar-refractivity contribution in [1.29, 1.82) is 5.26 Å². The van der Waals surface area contributed by atoms with Gasteiger partial charge in [0, 0.05) is 22.7 Å². The maximum Gasteiger partial charge on any atom is 0.314 e. The fourth-order valence-corrected chi connectivity index (χ4v) is 4.31. The molecule has 4 aromatic heterocycles. The Bertz CT molecular complexity index is 1720. The zero-order valence-corrected chi connectivity index (χ0v) is 18.2. The zero-order valence-electron chi connectivity index (χ0n) is 18.2. The molecule has 0 aliphatic heterocycles. The van der Waals surface area contributed by atoms with E-state index in [-0.39, 0.29) is 0 Å². The first-order valence-corrected chi connectivity index (χ1v) is 10.7. The van der Waals surface area contributed by atoms with E-state index in [0.717, 1.165) is 49.1 Å². The number of benzene rings is 2. The molecule has 6 aromatic rings. The summed E-state index contributed by atoms with van der Waals surface area (Å²) < 4.78 is 4.30. The number of hydrogen-bond donors (Lipinski definition) is 1. The van der Waals surface area contributed by atoms with E-state index in [1.807, 2.05) is 47.1 Å². The molecule has 0 amide bonds. The second kappa shape index (κ2) is 7.56. The molecule has 4 heterocycles. The Morgan fingerprint density at radius 2 is 1.94 bits per heavy atom. The van der Waals surface area contributed by atoms with Crippen LogP contribution in [0.1, 0.15) is 11.1 Å². The number of aromatic amines is 1. The van der Waals surface area contributed by atoms with Gasteiger partial charge in [0.25, 0.3) is 0 Å². The summed E-state index contributed by atoms with van der Waals surface area (Å²) in [4.78, 5) is 0. The van der Waals surface area contributed by atoms with Crippen LogP contribution in [0.25, 0.3) is 44.5 Å². The van der Waals surface area contributed by atoms with Crippen molar-refractivity contribution < 1.29 is 4.73 Å². The summed E-state index contributed by atoms with van der Waals surface area (Å²) in [5.41, 5.74) is 6.17. The minimum Gasteiger partial charge on any atom is -0.711 e. The molecule has 164 valence electrons. The topological polar surface area (TPSA) is 115 Å². The van der Waals surface area contributed by atoms with Crippen LogP contribution in [0.3, 0.4) is 0 Å². The predicted molar refractivity (Wildman–Crippen MR) is 126 cm³/mol. The van der Waals surface area contributed by atoms with Gasteiger partial charge < -0.3 is 5.21 Å². The standard InChI is InChI=1S/C25H18N8O/c1-31-25-21(24(30-31)18-6-7-19-13-27-29-22(19)11-18)10-20(15-33(25)34)23-8-9-28-32(23)14-17-4-2-16(12-26)3-5-17/h2-11,13,15H,14H2,1H3,(H,27,29). The van der Waals surface area contributed by atoms with E-state index < -0.39 is 0 Å². The average Bonchev–Trinajstić information content (AvgIpc) is 3.58. The number of H-pyrrole nitrogens is 1. The van der Waals surface area contributed by atoms with Crippen LogP contribution in [-0.4, -0.2) is 29.8 Å². The van der Waals surface area contributed by atoms with E-state index >= 15 is 0 Å². The molecule has 2 aromatic carbocycles. The summed E-state index contributed by atoms with van der Waals surface area (Å²) in [7, 11) is 1.77. The summed E-state index contributed by atoms with van der Waals surface area (Å²) in [6, 6.07) is 19.3. The fourth-order valence-electron chi connectivity index (χ4n) is 4.31. The molecule has 0 radical (unpaired) electrons. The highest BCUT2D eigenvalue weighted by Crippen LogP contribution is 2.31. The molecule has 6 rings (SSSR count). The SMILES string of the molecule is Cn1nc(-c2ccc3cn[nH]c3c2)c2cc(-c3ccnn3Cc3ccc(C#N)cc3)c[n+]([O-])c21. The highest BCUT2D eigenvalue weighted by molar-refractivity contribution is 5.94. The van der Waals surface area contributed by atoms with E-state index in [0.29, 0.717) is 17.8 Å². The molecule has 0 fully saturated rings. The van der Waals surface area contributed by atoms with Crippen LogP contribution in [0.4, 0.5) is 0 Å². The number of nitrogens with zero attached hydrogens (tertiary/aromatic N) is 7. The molecule has 9 heteroatoms. The summed E-state index contributed by atoms with van der Waals surface area (Å²) >= 11 is 0. The Labute approximate surface area is 193 Å². The Morgan fingerprint density at radius 3 is 2.76 bits per heavy atom. The van der Waals surface area contributed by atoms with Gasteiger partial charge in [-0.2, -0.15) is 15.5 Å². The first-order valence-electron chi connectivity index (χ1n) is 10.7. The van der Waals surface area contributed by atoms with Crippen molar-refractivity contribution in [2.24, 2.45) is 7.05 Å². The molecular weight excluding hydrogens is 428 g/mol. The first kappa shape index (κ1) is 19.7. The largest absolute Gasteiger partial charge is 0.711 e. The minimum absolute atomic E-state index is 0.474. The molecule has 0 atom stereocenters. The predicted octanol–water partition coefficient (Wildman–Crippen LogP) is 3.53. The molecule has 9 nitrogen and oxygen atoms in total. The number of aromatic nitrogens is 7. The first-order chi connectivity index (χ1) is 16.6. The van der Waals surface area contributed by atoms with Crippen LogP contribution in [0.5, 0.6) is 0 Å². The van der Waals surface area contributed by atoms with Crippen molar-refractivity contribution in [3.05, 3.63) is 89.5 Å². The van der Waals surface area contributed by atoms with E-state index in [4.69, 9.17) is 5.26 Å². The van der Waals surface area contributed by atoms with E-state index in [1.165, 1.54) is 0 Å². The van der Waals surface area contributed by atoms with Gasteiger partial charge >= 0.3 is 5.65 Å². The van der Waals surface area contributed by atoms with Crippen LogP contribution in [0.2, 0.25) is 0 Å². The lowest BCUT2D eigenvalue weighted by atomic mass is 10.1. The number of nitrogens with one attached hydrogen (secondary N) is 1. The highest BCUT2D eigenvalue weighted by Gasteiger charge is 2.21. The summed E-state index contributed by atoms with van der Waals surface area (Å²) in [5, 5.41) is 40.0. The normalized spacial score (nSPS) is 11.3. The van der Waals surface area contributed by atoms with Crippen LogP contribution in [-0.2, 0) is 13.6 Å². The van der Waals surface area contributed by atoms with Gasteiger partial charge in [0.05, 0.1) is 41.0 Å². The molecule has 34 heavy (non-hydrogen) atoms. The van der Waals surface area contributed by atoms with Gasteiger partial charge in [-0.1, -0.05) is 29.4 Å². The number of hydrogen-bond acceptors (Lipinski definition) is 5. The van der Waals surface area contributed by atoms with Gasteiger partial charge in [-0.15, -0.1) is 4.68 Å². The Balaban J connectivity index is 1.46. The van der Waals surface area contributed by atoms with E-state index in [1.54, 1.807) is 42.5 Å². The van der Waals surface area contributed by atoms with Crippen molar-refractivity contribution in [2.75, 3.05) is 0 Å². The van der Waals surface area contributed by atoms with Crippen molar-refractivity contribution in [1.82, 2.24) is 29.8 Å². The lowest BCUT2D eigenvalue weighted by Gasteiger charge is -2.10. The zero-order chi connectivity index (χ0) is 23.2. The third-order valence-electron chi connectivity index (χ3n) is 5.96. The fraction of sp³-hybridized carbons (Fsp3) is 0.0800. The molecule has 0 aliphatic carbocycles.